The highest BCUT2D eigenvalue weighted by atomic mass is 35.5. The van der Waals surface area contributed by atoms with Crippen LogP contribution in [0.25, 0.3) is 0 Å². The van der Waals surface area contributed by atoms with E-state index in [4.69, 9.17) is 32.7 Å². The van der Waals surface area contributed by atoms with Crippen LogP contribution in [-0.2, 0) is 13.0 Å². The quantitative estimate of drug-likeness (QED) is 0.393. The van der Waals surface area contributed by atoms with Crippen molar-refractivity contribution in [3.8, 4) is 0 Å². The number of nitrogens with zero attached hydrogens (tertiary/aromatic N) is 2. The fourth-order valence-corrected chi connectivity index (χ4v) is 2.28. The molecule has 0 radical (unpaired) electrons. The van der Waals surface area contributed by atoms with Crippen molar-refractivity contribution < 1.29 is 15.3 Å². The van der Waals surface area contributed by atoms with Crippen LogP contribution in [0.4, 0.5) is 5.82 Å². The van der Waals surface area contributed by atoms with E-state index in [1.165, 1.54) is 4.57 Å². The summed E-state index contributed by atoms with van der Waals surface area (Å²) in [5.74, 6) is 0.430. The molecule has 0 fully saturated rings. The lowest BCUT2D eigenvalue weighted by Gasteiger charge is -2.20. The summed E-state index contributed by atoms with van der Waals surface area (Å²) in [6.07, 6.45) is 3.32. The van der Waals surface area contributed by atoms with Crippen molar-refractivity contribution >= 4 is 22.6 Å². The molecule has 1 aromatic rings. The molecule has 0 bridgehead atoms. The SMILES string of the molecule is CCCCCn1c2c(c(=O)[nH]c1=O)CC(Cl)=N2.NC(CO)(CO)CO. The van der Waals surface area contributed by atoms with E-state index in [0.717, 1.165) is 19.3 Å². The molecule has 10 heteroatoms. The molecule has 1 aliphatic rings. The van der Waals surface area contributed by atoms with Gasteiger partial charge < -0.3 is 21.1 Å². The van der Waals surface area contributed by atoms with Crippen molar-refractivity contribution in [2.45, 2.75) is 44.7 Å². The number of unbranched alkanes of at least 4 members (excludes halogenated alkanes) is 2. The lowest BCUT2D eigenvalue weighted by Crippen LogP contribution is -2.50. The zero-order chi connectivity index (χ0) is 19.0. The number of aromatic nitrogens is 2. The fraction of sp³-hybridized carbons (Fsp3) is 0.667. The van der Waals surface area contributed by atoms with Crippen LogP contribution in [0.1, 0.15) is 31.7 Å². The highest BCUT2D eigenvalue weighted by Crippen LogP contribution is 2.23. The molecule has 1 aromatic heterocycles. The number of nitrogens with one attached hydrogen (secondary N) is 1. The van der Waals surface area contributed by atoms with Crippen molar-refractivity contribution in [1.29, 1.82) is 0 Å². The molecule has 0 saturated heterocycles. The maximum Gasteiger partial charge on any atom is 0.329 e. The Labute approximate surface area is 149 Å². The molecule has 0 amide bonds. The summed E-state index contributed by atoms with van der Waals surface area (Å²) in [6.45, 7) is 1.45. The number of hydrogen-bond donors (Lipinski definition) is 5. The molecule has 142 valence electrons. The van der Waals surface area contributed by atoms with Crippen LogP contribution >= 0.6 is 11.6 Å². The molecule has 9 nitrogen and oxygen atoms in total. The molecular weight excluding hydrogens is 352 g/mol. The number of aromatic amines is 1. The van der Waals surface area contributed by atoms with Crippen LogP contribution in [0.15, 0.2) is 14.6 Å². The smallest absolute Gasteiger partial charge is 0.329 e. The molecule has 0 atom stereocenters. The van der Waals surface area contributed by atoms with Crippen molar-refractivity contribution in [3.05, 3.63) is 26.4 Å². The Morgan fingerprint density at radius 2 is 1.84 bits per heavy atom. The first-order valence-electron chi connectivity index (χ1n) is 8.02. The summed E-state index contributed by atoms with van der Waals surface area (Å²) in [4.78, 5) is 29.6. The van der Waals surface area contributed by atoms with E-state index in [0.29, 0.717) is 29.5 Å². The van der Waals surface area contributed by atoms with E-state index in [9.17, 15) is 9.59 Å². The molecule has 1 aliphatic heterocycles. The first-order chi connectivity index (χ1) is 11.8. The van der Waals surface area contributed by atoms with Gasteiger partial charge in [-0.1, -0.05) is 31.4 Å². The Morgan fingerprint density at radius 1 is 1.24 bits per heavy atom. The summed E-state index contributed by atoms with van der Waals surface area (Å²) in [5, 5.41) is 25.4. The number of aliphatic imine (C=N–C) groups is 1. The number of aliphatic hydroxyl groups is 3. The molecular formula is C15H25ClN4O5. The van der Waals surface area contributed by atoms with Gasteiger partial charge in [-0.05, 0) is 6.42 Å². The third-order valence-electron chi connectivity index (χ3n) is 3.75. The number of rotatable bonds is 7. The minimum Gasteiger partial charge on any atom is -0.394 e. The van der Waals surface area contributed by atoms with Gasteiger partial charge in [0.25, 0.3) is 5.56 Å². The molecule has 0 aromatic carbocycles. The molecule has 0 saturated carbocycles. The van der Waals surface area contributed by atoms with Gasteiger partial charge in [0, 0.05) is 13.0 Å². The van der Waals surface area contributed by atoms with E-state index in [1.807, 2.05) is 0 Å². The Hall–Kier alpha value is -1.52. The van der Waals surface area contributed by atoms with Gasteiger partial charge in [-0.25, -0.2) is 9.79 Å². The lowest BCUT2D eigenvalue weighted by molar-refractivity contribution is 0.0698. The van der Waals surface area contributed by atoms with Gasteiger partial charge in [-0.3, -0.25) is 14.3 Å². The zero-order valence-electron chi connectivity index (χ0n) is 14.2. The Morgan fingerprint density at radius 3 is 2.32 bits per heavy atom. The fourth-order valence-electron chi connectivity index (χ4n) is 2.07. The third-order valence-corrected chi connectivity index (χ3v) is 3.96. The molecule has 2 rings (SSSR count). The van der Waals surface area contributed by atoms with Gasteiger partial charge in [0.1, 0.15) is 11.0 Å². The first kappa shape index (κ1) is 21.5. The van der Waals surface area contributed by atoms with Crippen LogP contribution in [0.5, 0.6) is 0 Å². The van der Waals surface area contributed by atoms with Gasteiger partial charge in [0.2, 0.25) is 0 Å². The largest absolute Gasteiger partial charge is 0.394 e. The summed E-state index contributed by atoms with van der Waals surface area (Å²) in [5.41, 5.74) is 3.65. The maximum absolute atomic E-state index is 11.7. The second-order valence-corrected chi connectivity index (χ2v) is 6.36. The van der Waals surface area contributed by atoms with Crippen LogP contribution < -0.4 is 17.0 Å². The highest BCUT2D eigenvalue weighted by molar-refractivity contribution is 6.66. The maximum atomic E-state index is 11.7. The molecule has 0 aliphatic carbocycles. The highest BCUT2D eigenvalue weighted by Gasteiger charge is 2.21. The van der Waals surface area contributed by atoms with Crippen molar-refractivity contribution in [2.75, 3.05) is 19.8 Å². The zero-order valence-corrected chi connectivity index (χ0v) is 14.9. The Kier molecular flexibility index (Phi) is 8.46. The normalized spacial score (nSPS) is 13.1. The second-order valence-electron chi connectivity index (χ2n) is 5.92. The number of aliphatic hydroxyl groups excluding tert-OH is 3. The number of hydrogen-bond acceptors (Lipinski definition) is 7. The van der Waals surface area contributed by atoms with Gasteiger partial charge in [-0.2, -0.15) is 0 Å². The number of H-pyrrole nitrogens is 1. The minimum atomic E-state index is -1.21. The van der Waals surface area contributed by atoms with Gasteiger partial charge in [-0.15, -0.1) is 0 Å². The van der Waals surface area contributed by atoms with Crippen LogP contribution in [0.2, 0.25) is 0 Å². The average molecular weight is 377 g/mol. The summed E-state index contributed by atoms with van der Waals surface area (Å²) >= 11 is 5.82. The van der Waals surface area contributed by atoms with Crippen molar-refractivity contribution in [1.82, 2.24) is 9.55 Å². The van der Waals surface area contributed by atoms with E-state index >= 15 is 0 Å². The van der Waals surface area contributed by atoms with Crippen molar-refractivity contribution in [3.63, 3.8) is 0 Å². The third kappa shape index (κ3) is 5.75. The van der Waals surface area contributed by atoms with Crippen molar-refractivity contribution in [2.24, 2.45) is 10.7 Å². The molecule has 25 heavy (non-hydrogen) atoms. The van der Waals surface area contributed by atoms with E-state index in [-0.39, 0.29) is 5.56 Å². The number of nitrogens with two attached hydrogens (primary N) is 1. The van der Waals surface area contributed by atoms with E-state index in [1.54, 1.807) is 0 Å². The predicted molar refractivity (Wildman–Crippen MR) is 95.7 cm³/mol. The van der Waals surface area contributed by atoms with Crippen LogP contribution in [0, 0.1) is 0 Å². The topological polar surface area (TPSA) is 154 Å². The molecule has 0 unspecified atom stereocenters. The second kappa shape index (κ2) is 9.83. The standard InChI is InChI=1S/C11H14ClN3O2.C4H11NO3/c1-2-3-4-5-15-9-7(6-8(12)13-9)10(16)14-11(15)17;5-4(1-6,2-7)3-8/h2-6H2,1H3,(H,14,16,17);6-8H,1-3,5H2. The molecule has 2 heterocycles. The molecule has 6 N–H and O–H groups in total. The Bertz CT molecular complexity index is 701. The minimum absolute atomic E-state index is 0.320. The lowest BCUT2D eigenvalue weighted by atomic mass is 10.1. The van der Waals surface area contributed by atoms with Crippen LogP contribution in [0.3, 0.4) is 0 Å². The first-order valence-corrected chi connectivity index (χ1v) is 8.40. The number of fused-ring (bicyclic) bond motifs is 1. The summed E-state index contributed by atoms with van der Waals surface area (Å²) in [6, 6.07) is 0. The predicted octanol–water partition coefficient (Wildman–Crippen LogP) is -0.787. The monoisotopic (exact) mass is 376 g/mol. The van der Waals surface area contributed by atoms with Gasteiger partial charge >= 0.3 is 5.69 Å². The summed E-state index contributed by atoms with van der Waals surface area (Å²) < 4.78 is 1.50. The Balaban J connectivity index is 0.000000333. The van der Waals surface area contributed by atoms with Crippen LogP contribution in [-0.4, -0.2) is 55.4 Å². The average Bonchev–Trinajstić information content (AvgIpc) is 3.00. The summed E-state index contributed by atoms with van der Waals surface area (Å²) in [7, 11) is 0. The van der Waals surface area contributed by atoms with Gasteiger partial charge in [0.15, 0.2) is 0 Å². The van der Waals surface area contributed by atoms with E-state index in [2.05, 4.69) is 16.9 Å². The number of halogens is 1. The molecule has 0 spiro atoms. The van der Waals surface area contributed by atoms with E-state index < -0.39 is 31.0 Å². The van der Waals surface area contributed by atoms with Gasteiger partial charge in [0.05, 0.1) is 30.9 Å².